The molecular formula is C16H17F2NO. The summed E-state index contributed by atoms with van der Waals surface area (Å²) in [6, 6.07) is 10.6. The van der Waals surface area contributed by atoms with Gasteiger partial charge in [-0.05, 0) is 31.5 Å². The summed E-state index contributed by atoms with van der Waals surface area (Å²) >= 11 is 0. The summed E-state index contributed by atoms with van der Waals surface area (Å²) in [5.74, 6) is -0.784. The molecule has 0 aliphatic carbocycles. The van der Waals surface area contributed by atoms with Crippen molar-refractivity contribution < 1.29 is 13.5 Å². The van der Waals surface area contributed by atoms with Gasteiger partial charge in [0, 0.05) is 11.6 Å². The summed E-state index contributed by atoms with van der Waals surface area (Å²) in [5, 5.41) is 0. The van der Waals surface area contributed by atoms with E-state index in [0.29, 0.717) is 11.1 Å². The third kappa shape index (κ3) is 2.96. The first kappa shape index (κ1) is 14.5. The van der Waals surface area contributed by atoms with E-state index in [9.17, 15) is 8.78 Å². The van der Waals surface area contributed by atoms with Crippen LogP contribution in [0, 0.1) is 18.6 Å². The topological polar surface area (TPSA) is 35.2 Å². The Morgan fingerprint density at radius 2 is 1.75 bits per heavy atom. The lowest BCUT2D eigenvalue weighted by atomic mass is 10.0. The number of ether oxygens (including phenoxy) is 1. The maximum Gasteiger partial charge on any atom is 0.167 e. The summed E-state index contributed by atoms with van der Waals surface area (Å²) in [4.78, 5) is 0. The standard InChI is InChI=1S/C16H17F2NO/c1-10-6-5-9-14(15(10)18)20-16(11(2)19)12-7-3-4-8-13(12)17/h3-9,11,16H,19H2,1-2H3. The molecule has 0 saturated carbocycles. The van der Waals surface area contributed by atoms with E-state index < -0.39 is 23.8 Å². The number of halogens is 2. The van der Waals surface area contributed by atoms with Crippen molar-refractivity contribution >= 4 is 0 Å². The van der Waals surface area contributed by atoms with E-state index in [0.717, 1.165) is 0 Å². The summed E-state index contributed by atoms with van der Waals surface area (Å²) in [7, 11) is 0. The zero-order valence-corrected chi connectivity index (χ0v) is 11.4. The molecule has 2 aromatic carbocycles. The van der Waals surface area contributed by atoms with Gasteiger partial charge in [0.1, 0.15) is 11.9 Å². The van der Waals surface area contributed by atoms with Gasteiger partial charge in [-0.25, -0.2) is 8.78 Å². The van der Waals surface area contributed by atoms with E-state index in [1.165, 1.54) is 12.1 Å². The minimum Gasteiger partial charge on any atom is -0.481 e. The molecule has 0 fully saturated rings. The highest BCUT2D eigenvalue weighted by molar-refractivity contribution is 5.32. The number of aryl methyl sites for hydroxylation is 1. The summed E-state index contributed by atoms with van der Waals surface area (Å²) in [6.07, 6.45) is -0.743. The molecule has 0 saturated heterocycles. The van der Waals surface area contributed by atoms with Crippen LogP contribution in [0.4, 0.5) is 8.78 Å². The summed E-state index contributed by atoms with van der Waals surface area (Å²) in [5.41, 5.74) is 6.65. The van der Waals surface area contributed by atoms with Crippen molar-refractivity contribution in [3.63, 3.8) is 0 Å². The first-order valence-corrected chi connectivity index (χ1v) is 6.42. The molecule has 4 heteroatoms. The zero-order chi connectivity index (χ0) is 14.7. The maximum atomic E-state index is 14.0. The monoisotopic (exact) mass is 277 g/mol. The van der Waals surface area contributed by atoms with E-state index in [1.807, 2.05) is 0 Å². The molecule has 2 aromatic rings. The highest BCUT2D eigenvalue weighted by Gasteiger charge is 2.23. The summed E-state index contributed by atoms with van der Waals surface area (Å²) in [6.45, 7) is 3.34. The Balaban J connectivity index is 2.36. The van der Waals surface area contributed by atoms with Crippen LogP contribution >= 0.6 is 0 Å². The Morgan fingerprint density at radius 3 is 2.40 bits per heavy atom. The lowest BCUT2D eigenvalue weighted by Gasteiger charge is -2.23. The molecular weight excluding hydrogens is 260 g/mol. The van der Waals surface area contributed by atoms with Crippen molar-refractivity contribution in [2.75, 3.05) is 0 Å². The summed E-state index contributed by atoms with van der Waals surface area (Å²) < 4.78 is 33.4. The second-order valence-corrected chi connectivity index (χ2v) is 4.81. The van der Waals surface area contributed by atoms with Crippen LogP contribution in [0.3, 0.4) is 0 Å². The van der Waals surface area contributed by atoms with Crippen LogP contribution in [-0.2, 0) is 0 Å². The molecule has 0 bridgehead atoms. The molecule has 2 nitrogen and oxygen atoms in total. The average molecular weight is 277 g/mol. The number of nitrogens with two attached hydrogens (primary N) is 1. The Kier molecular flexibility index (Phi) is 4.35. The van der Waals surface area contributed by atoms with Gasteiger partial charge in [-0.1, -0.05) is 30.3 Å². The van der Waals surface area contributed by atoms with Gasteiger partial charge in [0.15, 0.2) is 11.6 Å². The van der Waals surface area contributed by atoms with E-state index in [-0.39, 0.29) is 5.75 Å². The lowest BCUT2D eigenvalue weighted by molar-refractivity contribution is 0.168. The first-order valence-electron chi connectivity index (χ1n) is 6.42. The van der Waals surface area contributed by atoms with Crippen LogP contribution < -0.4 is 10.5 Å². The van der Waals surface area contributed by atoms with Gasteiger partial charge >= 0.3 is 0 Å². The Morgan fingerprint density at radius 1 is 1.05 bits per heavy atom. The number of hydrogen-bond acceptors (Lipinski definition) is 2. The van der Waals surface area contributed by atoms with Gasteiger partial charge in [0.25, 0.3) is 0 Å². The van der Waals surface area contributed by atoms with Crippen molar-refractivity contribution in [1.82, 2.24) is 0 Å². The van der Waals surface area contributed by atoms with Crippen molar-refractivity contribution in [3.8, 4) is 5.75 Å². The molecule has 20 heavy (non-hydrogen) atoms. The molecule has 0 aromatic heterocycles. The normalized spacial score (nSPS) is 13.8. The quantitative estimate of drug-likeness (QED) is 0.924. The van der Waals surface area contributed by atoms with Crippen LogP contribution in [0.15, 0.2) is 42.5 Å². The molecule has 0 radical (unpaired) electrons. The fraction of sp³-hybridized carbons (Fsp3) is 0.250. The number of rotatable bonds is 4. The second-order valence-electron chi connectivity index (χ2n) is 4.81. The molecule has 0 aliphatic heterocycles. The number of benzene rings is 2. The highest BCUT2D eigenvalue weighted by Crippen LogP contribution is 2.29. The lowest BCUT2D eigenvalue weighted by Crippen LogP contribution is -2.30. The van der Waals surface area contributed by atoms with E-state index in [4.69, 9.17) is 10.5 Å². The van der Waals surface area contributed by atoms with Crippen molar-refractivity contribution in [2.24, 2.45) is 5.73 Å². The van der Waals surface area contributed by atoms with Crippen molar-refractivity contribution in [2.45, 2.75) is 26.0 Å². The van der Waals surface area contributed by atoms with E-state index in [1.54, 1.807) is 44.2 Å². The van der Waals surface area contributed by atoms with Gasteiger partial charge in [-0.15, -0.1) is 0 Å². The second kappa shape index (κ2) is 6.01. The highest BCUT2D eigenvalue weighted by atomic mass is 19.1. The molecule has 2 atom stereocenters. The number of hydrogen-bond donors (Lipinski definition) is 1. The smallest absolute Gasteiger partial charge is 0.167 e. The van der Waals surface area contributed by atoms with Crippen molar-refractivity contribution in [1.29, 1.82) is 0 Å². The Bertz CT molecular complexity index is 599. The average Bonchev–Trinajstić information content (AvgIpc) is 2.41. The largest absolute Gasteiger partial charge is 0.481 e. The molecule has 2 rings (SSSR count). The molecule has 2 unspecified atom stereocenters. The third-order valence-electron chi connectivity index (χ3n) is 3.10. The van der Waals surface area contributed by atoms with Gasteiger partial charge in [0.2, 0.25) is 0 Å². The van der Waals surface area contributed by atoms with Crippen molar-refractivity contribution in [3.05, 3.63) is 65.2 Å². The van der Waals surface area contributed by atoms with E-state index in [2.05, 4.69) is 0 Å². The molecule has 0 aliphatic rings. The van der Waals surface area contributed by atoms with Crippen LogP contribution in [0.5, 0.6) is 5.75 Å². The van der Waals surface area contributed by atoms with Crippen LogP contribution in [-0.4, -0.2) is 6.04 Å². The fourth-order valence-corrected chi connectivity index (χ4v) is 2.01. The van der Waals surface area contributed by atoms with Gasteiger partial charge < -0.3 is 10.5 Å². The molecule has 106 valence electrons. The first-order chi connectivity index (χ1) is 9.50. The van der Waals surface area contributed by atoms with Crippen LogP contribution in [0.25, 0.3) is 0 Å². The minimum absolute atomic E-state index is 0.0792. The molecule has 0 spiro atoms. The molecule has 0 heterocycles. The zero-order valence-electron chi connectivity index (χ0n) is 11.4. The Labute approximate surface area is 117 Å². The van der Waals surface area contributed by atoms with Crippen LogP contribution in [0.2, 0.25) is 0 Å². The van der Waals surface area contributed by atoms with Gasteiger partial charge in [-0.2, -0.15) is 0 Å². The Hall–Kier alpha value is -1.94. The predicted molar refractivity (Wildman–Crippen MR) is 74.6 cm³/mol. The SMILES string of the molecule is Cc1cccc(OC(c2ccccc2F)C(C)N)c1F. The molecule has 0 amide bonds. The fourth-order valence-electron chi connectivity index (χ4n) is 2.01. The van der Waals surface area contributed by atoms with E-state index >= 15 is 0 Å². The van der Waals surface area contributed by atoms with Crippen LogP contribution in [0.1, 0.15) is 24.2 Å². The minimum atomic E-state index is -0.743. The predicted octanol–water partition coefficient (Wildman–Crippen LogP) is 3.74. The van der Waals surface area contributed by atoms with Gasteiger partial charge in [-0.3, -0.25) is 0 Å². The van der Waals surface area contributed by atoms with Gasteiger partial charge in [0.05, 0.1) is 0 Å². The maximum absolute atomic E-state index is 14.0. The molecule has 2 N–H and O–H groups in total. The third-order valence-corrected chi connectivity index (χ3v) is 3.10.